The monoisotopic (exact) mass is 385 g/mol. The van der Waals surface area contributed by atoms with E-state index in [-0.39, 0.29) is 12.0 Å². The maximum Gasteiger partial charge on any atom is 0.249 e. The summed E-state index contributed by atoms with van der Waals surface area (Å²) in [5.74, 6) is 1.77. The fraction of sp³-hybridized carbons (Fsp3) is 0.429. The van der Waals surface area contributed by atoms with Crippen LogP contribution in [0.15, 0.2) is 42.6 Å². The lowest BCUT2D eigenvalue weighted by atomic mass is 10.2. The summed E-state index contributed by atoms with van der Waals surface area (Å²) >= 11 is 0. The lowest BCUT2D eigenvalue weighted by molar-refractivity contribution is -0.132. The first-order valence-electron chi connectivity index (χ1n) is 9.67. The fourth-order valence-corrected chi connectivity index (χ4v) is 2.95. The van der Waals surface area contributed by atoms with Crippen LogP contribution in [-0.2, 0) is 16.1 Å². The minimum atomic E-state index is -0.440. The first-order valence-corrected chi connectivity index (χ1v) is 9.67. The molecule has 0 bridgehead atoms. The Labute approximate surface area is 165 Å². The molecule has 1 aromatic carbocycles. The summed E-state index contributed by atoms with van der Waals surface area (Å²) in [6, 6.07) is 11.1. The van der Waals surface area contributed by atoms with E-state index in [4.69, 9.17) is 19.9 Å². The van der Waals surface area contributed by atoms with Crippen molar-refractivity contribution in [3.05, 3.63) is 48.2 Å². The van der Waals surface area contributed by atoms with Gasteiger partial charge in [-0.15, -0.1) is 0 Å². The summed E-state index contributed by atoms with van der Waals surface area (Å²) in [7, 11) is 0. The van der Waals surface area contributed by atoms with Crippen molar-refractivity contribution in [3.8, 4) is 17.4 Å². The van der Waals surface area contributed by atoms with Gasteiger partial charge in [0, 0.05) is 24.8 Å². The summed E-state index contributed by atoms with van der Waals surface area (Å²) in [6.45, 7) is 3.49. The molecule has 2 atom stereocenters. The van der Waals surface area contributed by atoms with Crippen LogP contribution in [0, 0.1) is 0 Å². The smallest absolute Gasteiger partial charge is 0.249 e. The van der Waals surface area contributed by atoms with Crippen molar-refractivity contribution in [3.63, 3.8) is 0 Å². The van der Waals surface area contributed by atoms with E-state index >= 15 is 0 Å². The number of benzene rings is 1. The molecule has 1 saturated heterocycles. The first kappa shape index (κ1) is 20.1. The highest BCUT2D eigenvalue weighted by Crippen LogP contribution is 2.25. The Hall–Kier alpha value is -2.64. The van der Waals surface area contributed by atoms with E-state index < -0.39 is 6.10 Å². The van der Waals surface area contributed by atoms with Gasteiger partial charge in [0.2, 0.25) is 11.8 Å². The predicted octanol–water partition coefficient (Wildman–Crippen LogP) is 2.79. The highest BCUT2D eigenvalue weighted by atomic mass is 16.5. The van der Waals surface area contributed by atoms with Crippen molar-refractivity contribution in [1.82, 2.24) is 10.3 Å². The summed E-state index contributed by atoms with van der Waals surface area (Å²) in [5, 5.41) is 2.90. The number of carbonyl (C=O) groups is 1. The molecule has 1 amide bonds. The number of carbonyl (C=O) groups excluding carboxylic acids is 1. The van der Waals surface area contributed by atoms with E-state index in [1.54, 1.807) is 6.20 Å². The van der Waals surface area contributed by atoms with Crippen molar-refractivity contribution in [2.75, 3.05) is 13.2 Å². The van der Waals surface area contributed by atoms with Gasteiger partial charge in [0.1, 0.15) is 17.6 Å². The lowest BCUT2D eigenvalue weighted by Gasteiger charge is -2.14. The van der Waals surface area contributed by atoms with E-state index in [2.05, 4.69) is 17.2 Å². The third kappa shape index (κ3) is 5.43. The van der Waals surface area contributed by atoms with Crippen molar-refractivity contribution in [1.29, 1.82) is 0 Å². The van der Waals surface area contributed by atoms with Gasteiger partial charge in [-0.2, -0.15) is 0 Å². The summed E-state index contributed by atoms with van der Waals surface area (Å²) in [4.78, 5) is 16.6. The minimum absolute atomic E-state index is 0.0303. The van der Waals surface area contributed by atoms with Gasteiger partial charge in [0.25, 0.3) is 0 Å². The zero-order valence-corrected chi connectivity index (χ0v) is 16.1. The molecule has 1 aliphatic rings. The highest BCUT2D eigenvalue weighted by molar-refractivity contribution is 5.81. The van der Waals surface area contributed by atoms with Crippen LogP contribution < -0.4 is 20.5 Å². The lowest BCUT2D eigenvalue weighted by Crippen LogP contribution is -2.35. The zero-order chi connectivity index (χ0) is 19.8. The Kier molecular flexibility index (Phi) is 7.22. The van der Waals surface area contributed by atoms with Crippen molar-refractivity contribution in [2.24, 2.45) is 5.73 Å². The number of ether oxygens (including phenoxy) is 3. The van der Waals surface area contributed by atoms with Crippen LogP contribution in [0.2, 0.25) is 0 Å². The molecule has 0 spiro atoms. The molecular weight excluding hydrogens is 358 g/mol. The number of pyridine rings is 1. The zero-order valence-electron chi connectivity index (χ0n) is 16.1. The van der Waals surface area contributed by atoms with Crippen LogP contribution in [0.5, 0.6) is 17.4 Å². The van der Waals surface area contributed by atoms with E-state index in [9.17, 15) is 4.79 Å². The van der Waals surface area contributed by atoms with Crippen LogP contribution >= 0.6 is 0 Å². The molecule has 0 radical (unpaired) electrons. The fourth-order valence-electron chi connectivity index (χ4n) is 2.95. The molecule has 28 heavy (non-hydrogen) atoms. The van der Waals surface area contributed by atoms with Gasteiger partial charge in [0.05, 0.1) is 12.7 Å². The Morgan fingerprint density at radius 3 is 2.75 bits per heavy atom. The van der Waals surface area contributed by atoms with E-state index in [1.165, 1.54) is 0 Å². The standard InChI is InChI=1S/C21H27N3O4/c1-2-12-26-16-5-7-17(8-6-16)28-21-15(4-3-11-23-21)14-24-20(25)19-10-9-18(13-22)27-19/h3-8,11,18-19H,2,9-10,12-14,22H2,1H3,(H,24,25)/t18-,19+/m1/s1. The number of hydrogen-bond acceptors (Lipinski definition) is 6. The molecule has 0 aliphatic carbocycles. The van der Waals surface area contributed by atoms with Crippen LogP contribution in [0.4, 0.5) is 0 Å². The second-order valence-corrected chi connectivity index (χ2v) is 6.67. The van der Waals surface area contributed by atoms with Crippen LogP contribution in [-0.4, -0.2) is 36.3 Å². The normalized spacial score (nSPS) is 18.6. The number of nitrogens with two attached hydrogens (primary N) is 1. The number of nitrogens with zero attached hydrogens (tertiary/aromatic N) is 1. The van der Waals surface area contributed by atoms with Gasteiger partial charge in [0.15, 0.2) is 0 Å². The van der Waals surface area contributed by atoms with Gasteiger partial charge >= 0.3 is 0 Å². The average molecular weight is 385 g/mol. The van der Waals surface area contributed by atoms with E-state index in [0.29, 0.717) is 37.7 Å². The highest BCUT2D eigenvalue weighted by Gasteiger charge is 2.29. The topological polar surface area (TPSA) is 95.7 Å². The molecule has 1 aromatic heterocycles. The number of nitrogens with one attached hydrogen (secondary N) is 1. The largest absolute Gasteiger partial charge is 0.494 e. The predicted molar refractivity (Wildman–Crippen MR) is 105 cm³/mol. The Balaban J connectivity index is 1.58. The molecule has 3 N–H and O–H groups in total. The first-order chi connectivity index (χ1) is 13.7. The van der Waals surface area contributed by atoms with Gasteiger partial charge in [-0.25, -0.2) is 4.98 Å². The minimum Gasteiger partial charge on any atom is -0.494 e. The second-order valence-electron chi connectivity index (χ2n) is 6.67. The molecule has 3 rings (SSSR count). The molecule has 1 fully saturated rings. The molecule has 7 heteroatoms. The molecular formula is C21H27N3O4. The number of aromatic nitrogens is 1. The number of rotatable bonds is 9. The van der Waals surface area contributed by atoms with E-state index in [0.717, 1.165) is 24.2 Å². The van der Waals surface area contributed by atoms with Gasteiger partial charge < -0.3 is 25.3 Å². The summed E-state index contributed by atoms with van der Waals surface area (Å²) < 4.78 is 17.1. The van der Waals surface area contributed by atoms with E-state index in [1.807, 2.05) is 36.4 Å². The summed E-state index contributed by atoms with van der Waals surface area (Å²) in [6.07, 6.45) is 3.65. The van der Waals surface area contributed by atoms with Crippen LogP contribution in [0.1, 0.15) is 31.7 Å². The van der Waals surface area contributed by atoms with Crippen LogP contribution in [0.25, 0.3) is 0 Å². The summed E-state index contributed by atoms with van der Waals surface area (Å²) in [5.41, 5.74) is 6.39. The average Bonchev–Trinajstić information content (AvgIpc) is 3.22. The quantitative estimate of drug-likeness (QED) is 0.689. The van der Waals surface area contributed by atoms with Gasteiger partial charge in [-0.1, -0.05) is 13.0 Å². The molecule has 150 valence electrons. The third-order valence-electron chi connectivity index (χ3n) is 4.48. The maximum absolute atomic E-state index is 12.3. The molecule has 0 unspecified atom stereocenters. The maximum atomic E-state index is 12.3. The van der Waals surface area contributed by atoms with Crippen molar-refractivity contribution < 1.29 is 19.0 Å². The Morgan fingerprint density at radius 2 is 2.04 bits per heavy atom. The molecule has 7 nitrogen and oxygen atoms in total. The van der Waals surface area contributed by atoms with Gasteiger partial charge in [-0.05, 0) is 49.6 Å². The Morgan fingerprint density at radius 1 is 1.25 bits per heavy atom. The third-order valence-corrected chi connectivity index (χ3v) is 4.48. The number of amides is 1. The number of hydrogen-bond donors (Lipinski definition) is 2. The Bertz CT molecular complexity index is 767. The molecule has 0 saturated carbocycles. The molecule has 1 aliphatic heterocycles. The van der Waals surface area contributed by atoms with Gasteiger partial charge in [-0.3, -0.25) is 4.79 Å². The second kappa shape index (κ2) is 10.1. The molecule has 2 heterocycles. The van der Waals surface area contributed by atoms with Crippen molar-refractivity contribution >= 4 is 5.91 Å². The van der Waals surface area contributed by atoms with Crippen molar-refractivity contribution in [2.45, 2.75) is 44.9 Å². The molecule has 2 aromatic rings. The SMILES string of the molecule is CCCOc1ccc(Oc2ncccc2CNC(=O)[C@@H]2CC[C@H](CN)O2)cc1. The van der Waals surface area contributed by atoms with Crippen LogP contribution in [0.3, 0.4) is 0 Å².